The lowest BCUT2D eigenvalue weighted by Crippen LogP contribution is -2.46. The molecular formula is C43H56O4. The molecule has 252 valence electrons. The number of rotatable bonds is 16. The molecule has 0 amide bonds. The summed E-state index contributed by atoms with van der Waals surface area (Å²) in [6, 6.07) is 19.9. The highest BCUT2D eigenvalue weighted by Gasteiger charge is 2.45. The Kier molecular flexibility index (Phi) is 12.4. The van der Waals surface area contributed by atoms with Gasteiger partial charge in [-0.15, -0.1) is 0 Å². The van der Waals surface area contributed by atoms with Gasteiger partial charge >= 0.3 is 5.97 Å². The van der Waals surface area contributed by atoms with Crippen LogP contribution in [0, 0.1) is 0 Å². The Labute approximate surface area is 284 Å². The normalized spacial score (nSPS) is 11.5. The van der Waals surface area contributed by atoms with Crippen LogP contribution in [-0.4, -0.2) is 5.11 Å². The predicted octanol–water partition coefficient (Wildman–Crippen LogP) is 10.8. The first kappa shape index (κ1) is 35.9. The van der Waals surface area contributed by atoms with Crippen molar-refractivity contribution >= 4 is 0 Å². The lowest BCUT2D eigenvalue weighted by molar-refractivity contribution is -0.265. The van der Waals surface area contributed by atoms with Crippen molar-refractivity contribution < 1.29 is 19.3 Å². The second-order valence-electron chi connectivity index (χ2n) is 12.1. The molecule has 0 aromatic heterocycles. The van der Waals surface area contributed by atoms with Crippen LogP contribution in [0.15, 0.2) is 60.7 Å². The van der Waals surface area contributed by atoms with Crippen LogP contribution in [0.5, 0.6) is 23.0 Å². The molecule has 0 radical (unpaired) electrons. The van der Waals surface area contributed by atoms with Crippen molar-refractivity contribution in [1.29, 1.82) is 0 Å². The van der Waals surface area contributed by atoms with Crippen LogP contribution in [0.4, 0.5) is 0 Å². The van der Waals surface area contributed by atoms with E-state index in [4.69, 9.17) is 14.2 Å². The van der Waals surface area contributed by atoms with Crippen molar-refractivity contribution in [1.82, 2.24) is 0 Å². The van der Waals surface area contributed by atoms with Gasteiger partial charge in [-0.1, -0.05) is 92.6 Å². The summed E-state index contributed by atoms with van der Waals surface area (Å²) in [6.45, 7) is 19.7. The molecule has 0 saturated heterocycles. The maximum atomic E-state index is 11.6. The van der Waals surface area contributed by atoms with E-state index < -0.39 is 5.97 Å². The van der Waals surface area contributed by atoms with Gasteiger partial charge in [0.25, 0.3) is 0 Å². The van der Waals surface area contributed by atoms with E-state index in [1.165, 1.54) is 33.4 Å². The van der Waals surface area contributed by atoms with E-state index in [1.54, 1.807) is 6.07 Å². The van der Waals surface area contributed by atoms with Gasteiger partial charge in [-0.25, -0.2) is 0 Å². The van der Waals surface area contributed by atoms with Gasteiger partial charge < -0.3 is 19.3 Å². The van der Waals surface area contributed by atoms with Gasteiger partial charge in [-0.05, 0) is 138 Å². The van der Waals surface area contributed by atoms with Crippen molar-refractivity contribution in [3.63, 3.8) is 0 Å². The van der Waals surface area contributed by atoms with Crippen LogP contribution in [0.1, 0.15) is 118 Å². The minimum atomic E-state index is -1.83. The molecule has 47 heavy (non-hydrogen) atoms. The molecule has 0 bridgehead atoms. The van der Waals surface area contributed by atoms with E-state index >= 15 is 0 Å². The summed E-state index contributed by atoms with van der Waals surface area (Å²) < 4.78 is 21.6. The lowest BCUT2D eigenvalue weighted by Gasteiger charge is -2.37. The van der Waals surface area contributed by atoms with Gasteiger partial charge in [0, 0.05) is 0 Å². The number of phenols is 1. The Morgan fingerprint density at radius 2 is 0.723 bits per heavy atom. The van der Waals surface area contributed by atoms with Crippen molar-refractivity contribution in [2.24, 2.45) is 0 Å². The van der Waals surface area contributed by atoms with Gasteiger partial charge in [0.15, 0.2) is 0 Å². The molecule has 1 N–H and O–H groups in total. The van der Waals surface area contributed by atoms with E-state index in [9.17, 15) is 5.11 Å². The summed E-state index contributed by atoms with van der Waals surface area (Å²) >= 11 is 0. The molecular weight excluding hydrogens is 580 g/mol. The zero-order valence-electron chi connectivity index (χ0n) is 30.3. The van der Waals surface area contributed by atoms with Gasteiger partial charge in [0.05, 0.1) is 0 Å². The molecule has 4 rings (SSSR count). The van der Waals surface area contributed by atoms with E-state index in [1.807, 2.05) is 18.2 Å². The number of phenolic OH excluding ortho intramolecular Hbond substituents is 1. The molecule has 0 unspecified atom stereocenters. The third-order valence-corrected chi connectivity index (χ3v) is 9.69. The van der Waals surface area contributed by atoms with Crippen LogP contribution >= 0.6 is 0 Å². The lowest BCUT2D eigenvalue weighted by atomic mass is 9.94. The first-order valence-corrected chi connectivity index (χ1v) is 18.1. The van der Waals surface area contributed by atoms with E-state index in [2.05, 4.69) is 98.7 Å². The minimum absolute atomic E-state index is 0.0457. The van der Waals surface area contributed by atoms with Gasteiger partial charge in [0.2, 0.25) is 0 Å². The summed E-state index contributed by atoms with van der Waals surface area (Å²) in [5, 5.41) is 11.6. The van der Waals surface area contributed by atoms with E-state index in [0.29, 0.717) is 22.8 Å². The zero-order chi connectivity index (χ0) is 34.1. The second kappa shape index (κ2) is 16.3. The maximum absolute atomic E-state index is 11.6. The standard InChI is InChI=1S/C43H56O4/c1-10-29-23-26-40(35(16-7)32(29)13-4)45-43(38-21-19-20-22-39(38)44,46-41-27-24-30(11-2)33(14-5)36(41)17-8)47-42-28-25-31(12-3)34(15-6)37(42)18-9/h19-28,44H,10-18H2,1-9H3. The fraction of sp³-hybridized carbons (Fsp3) is 0.442. The number of ether oxygens (including phenoxy) is 3. The van der Waals surface area contributed by atoms with Crippen LogP contribution in [0.25, 0.3) is 0 Å². The largest absolute Gasteiger partial charge is 0.507 e. The molecule has 4 aromatic rings. The smallest absolute Gasteiger partial charge is 0.451 e. The molecule has 0 saturated carbocycles. The van der Waals surface area contributed by atoms with Crippen molar-refractivity contribution in [3.8, 4) is 23.0 Å². The van der Waals surface area contributed by atoms with Crippen molar-refractivity contribution in [2.75, 3.05) is 0 Å². The van der Waals surface area contributed by atoms with Gasteiger partial charge in [-0.3, -0.25) is 0 Å². The molecule has 0 spiro atoms. The molecule has 0 aliphatic carbocycles. The Hall–Kier alpha value is -3.92. The van der Waals surface area contributed by atoms with Crippen molar-refractivity contribution in [3.05, 3.63) is 116 Å². The first-order valence-electron chi connectivity index (χ1n) is 18.1. The third kappa shape index (κ3) is 7.17. The summed E-state index contributed by atoms with van der Waals surface area (Å²) in [7, 11) is 0. The molecule has 4 heteroatoms. The third-order valence-electron chi connectivity index (χ3n) is 9.69. The number of benzene rings is 4. The van der Waals surface area contributed by atoms with Gasteiger partial charge in [-0.2, -0.15) is 0 Å². The molecule has 0 fully saturated rings. The number of hydrogen-bond acceptors (Lipinski definition) is 4. The Morgan fingerprint density at radius 1 is 0.404 bits per heavy atom. The number of aryl methyl sites for hydroxylation is 3. The Bertz CT molecular complexity index is 1490. The average Bonchev–Trinajstić information content (AvgIpc) is 3.10. The van der Waals surface area contributed by atoms with Crippen LogP contribution in [0.3, 0.4) is 0 Å². The van der Waals surface area contributed by atoms with E-state index in [0.717, 1.165) is 74.5 Å². The quantitative estimate of drug-likeness (QED) is 0.124. The number of hydrogen-bond donors (Lipinski definition) is 1. The van der Waals surface area contributed by atoms with Crippen molar-refractivity contribution in [2.45, 2.75) is 126 Å². The highest BCUT2D eigenvalue weighted by Crippen LogP contribution is 2.43. The highest BCUT2D eigenvalue weighted by molar-refractivity contribution is 5.50. The molecule has 4 nitrogen and oxygen atoms in total. The Morgan fingerprint density at radius 3 is 1.00 bits per heavy atom. The fourth-order valence-electron chi connectivity index (χ4n) is 7.32. The monoisotopic (exact) mass is 636 g/mol. The van der Waals surface area contributed by atoms with Crippen LogP contribution in [-0.2, 0) is 63.8 Å². The topological polar surface area (TPSA) is 47.9 Å². The summed E-state index contributed by atoms with van der Waals surface area (Å²) in [5.74, 6) is 0.302. The minimum Gasteiger partial charge on any atom is -0.507 e. The molecule has 0 aliphatic heterocycles. The summed E-state index contributed by atoms with van der Waals surface area (Å²) in [5.41, 5.74) is 11.7. The fourth-order valence-corrected chi connectivity index (χ4v) is 7.32. The highest BCUT2D eigenvalue weighted by atomic mass is 16.9. The summed E-state index contributed by atoms with van der Waals surface area (Å²) in [4.78, 5) is 0. The maximum Gasteiger partial charge on any atom is 0.451 e. The Balaban J connectivity index is 2.10. The van der Waals surface area contributed by atoms with Crippen LogP contribution < -0.4 is 14.2 Å². The van der Waals surface area contributed by atoms with E-state index in [-0.39, 0.29) is 5.75 Å². The molecule has 0 heterocycles. The number of aromatic hydroxyl groups is 1. The predicted molar refractivity (Wildman–Crippen MR) is 195 cm³/mol. The summed E-state index contributed by atoms with van der Waals surface area (Å²) in [6.07, 6.45) is 7.89. The second-order valence-corrected chi connectivity index (χ2v) is 12.1. The molecule has 4 aromatic carbocycles. The average molecular weight is 637 g/mol. The SMILES string of the molecule is CCc1ccc(OC(Oc2ccc(CC)c(CC)c2CC)(Oc2ccc(CC)c(CC)c2CC)c2ccccc2O)c(CC)c1CC. The molecule has 0 aliphatic rings. The number of para-hydroxylation sites is 1. The molecule has 0 atom stereocenters. The van der Waals surface area contributed by atoms with Crippen LogP contribution in [0.2, 0.25) is 0 Å². The zero-order valence-corrected chi connectivity index (χ0v) is 30.3. The first-order chi connectivity index (χ1) is 22.8. The van der Waals surface area contributed by atoms with Gasteiger partial charge in [0.1, 0.15) is 28.6 Å².